The molecule has 160 valence electrons. The summed E-state index contributed by atoms with van der Waals surface area (Å²) in [5, 5.41) is 8.40. The highest BCUT2D eigenvalue weighted by Gasteiger charge is 2.22. The Balaban J connectivity index is 1.58. The van der Waals surface area contributed by atoms with Crippen molar-refractivity contribution in [3.63, 3.8) is 0 Å². The van der Waals surface area contributed by atoms with Gasteiger partial charge in [-0.15, -0.1) is 0 Å². The molecule has 0 spiro atoms. The summed E-state index contributed by atoms with van der Waals surface area (Å²) in [4.78, 5) is 27.4. The average molecular weight is 413 g/mol. The SMILES string of the molecule is CCCC(NC(=O)NCc1ccc(F)cc1)C(=O)Nc1ccc2c(c1)N(CC)CC2. The third-order valence-corrected chi connectivity index (χ3v) is 5.29. The molecule has 0 aliphatic carbocycles. The second kappa shape index (κ2) is 10.1. The topological polar surface area (TPSA) is 73.5 Å². The number of nitrogens with one attached hydrogen (secondary N) is 3. The highest BCUT2D eigenvalue weighted by atomic mass is 19.1. The van der Waals surface area contributed by atoms with Gasteiger partial charge in [-0.05, 0) is 55.2 Å². The number of carbonyl (C=O) groups is 2. The zero-order valence-corrected chi connectivity index (χ0v) is 17.5. The van der Waals surface area contributed by atoms with Gasteiger partial charge >= 0.3 is 6.03 Å². The molecule has 7 heteroatoms. The number of benzene rings is 2. The molecule has 2 aromatic rings. The molecule has 0 fully saturated rings. The number of likely N-dealkylation sites (N-methyl/N-ethyl adjacent to an activating group) is 1. The number of carbonyl (C=O) groups excluding carboxylic acids is 2. The predicted molar refractivity (Wildman–Crippen MR) is 117 cm³/mol. The Morgan fingerprint density at radius 2 is 1.90 bits per heavy atom. The maximum Gasteiger partial charge on any atom is 0.315 e. The zero-order chi connectivity index (χ0) is 21.5. The van der Waals surface area contributed by atoms with E-state index in [1.54, 1.807) is 12.1 Å². The van der Waals surface area contributed by atoms with Gasteiger partial charge in [-0.25, -0.2) is 9.18 Å². The Bertz CT molecular complexity index is 885. The summed E-state index contributed by atoms with van der Waals surface area (Å²) < 4.78 is 13.0. The van der Waals surface area contributed by atoms with Crippen molar-refractivity contribution in [1.29, 1.82) is 0 Å². The first-order chi connectivity index (χ1) is 14.5. The lowest BCUT2D eigenvalue weighted by Gasteiger charge is -2.20. The van der Waals surface area contributed by atoms with E-state index in [1.807, 2.05) is 19.1 Å². The number of hydrogen-bond donors (Lipinski definition) is 3. The van der Waals surface area contributed by atoms with Crippen molar-refractivity contribution in [2.24, 2.45) is 0 Å². The fourth-order valence-corrected chi connectivity index (χ4v) is 3.63. The molecule has 0 bridgehead atoms. The summed E-state index contributed by atoms with van der Waals surface area (Å²) >= 11 is 0. The molecule has 3 amide bonds. The monoisotopic (exact) mass is 412 g/mol. The third kappa shape index (κ3) is 5.49. The van der Waals surface area contributed by atoms with Crippen molar-refractivity contribution in [2.75, 3.05) is 23.3 Å². The Labute approximate surface area is 176 Å². The number of rotatable bonds is 8. The fourth-order valence-electron chi connectivity index (χ4n) is 3.63. The number of hydrogen-bond acceptors (Lipinski definition) is 3. The van der Waals surface area contributed by atoms with Crippen molar-refractivity contribution in [3.8, 4) is 0 Å². The fraction of sp³-hybridized carbons (Fsp3) is 0.391. The highest BCUT2D eigenvalue weighted by molar-refractivity contribution is 5.97. The van der Waals surface area contributed by atoms with Crippen molar-refractivity contribution in [2.45, 2.75) is 45.7 Å². The van der Waals surface area contributed by atoms with Gasteiger partial charge in [0.15, 0.2) is 0 Å². The van der Waals surface area contributed by atoms with Crippen LogP contribution in [-0.4, -0.2) is 31.1 Å². The molecule has 3 N–H and O–H groups in total. The summed E-state index contributed by atoms with van der Waals surface area (Å²) in [6, 6.07) is 10.8. The summed E-state index contributed by atoms with van der Waals surface area (Å²) in [6.07, 6.45) is 2.30. The normalized spacial score (nSPS) is 13.5. The largest absolute Gasteiger partial charge is 0.371 e. The van der Waals surface area contributed by atoms with Crippen LogP contribution in [0.1, 0.15) is 37.8 Å². The number of amides is 3. The van der Waals surface area contributed by atoms with Crippen molar-refractivity contribution >= 4 is 23.3 Å². The van der Waals surface area contributed by atoms with Gasteiger partial charge < -0.3 is 20.9 Å². The maximum atomic E-state index is 13.0. The standard InChI is InChI=1S/C23H29FN4O2/c1-3-5-20(27-23(30)25-15-16-6-9-18(24)10-7-16)22(29)26-19-11-8-17-12-13-28(4-2)21(17)14-19/h6-11,14,20H,3-5,12-13,15H2,1-2H3,(H,26,29)(H2,25,27,30). The van der Waals surface area contributed by atoms with Crippen LogP contribution in [0.5, 0.6) is 0 Å². The summed E-state index contributed by atoms with van der Waals surface area (Å²) in [6.45, 7) is 6.26. The van der Waals surface area contributed by atoms with Crippen LogP contribution in [0.2, 0.25) is 0 Å². The lowest BCUT2D eigenvalue weighted by Crippen LogP contribution is -2.47. The first kappa shape index (κ1) is 21.6. The van der Waals surface area contributed by atoms with Crippen LogP contribution in [0, 0.1) is 5.82 Å². The molecule has 0 saturated carbocycles. The average Bonchev–Trinajstić information content (AvgIpc) is 3.15. The van der Waals surface area contributed by atoms with Gasteiger partial charge in [-0.1, -0.05) is 31.5 Å². The third-order valence-electron chi connectivity index (χ3n) is 5.29. The quantitative estimate of drug-likeness (QED) is 0.617. The molecule has 30 heavy (non-hydrogen) atoms. The van der Waals surface area contributed by atoms with E-state index in [4.69, 9.17) is 0 Å². The summed E-state index contributed by atoms with van der Waals surface area (Å²) in [5.74, 6) is -0.564. The molecule has 0 saturated heterocycles. The van der Waals surface area contributed by atoms with E-state index in [0.717, 1.165) is 42.9 Å². The number of urea groups is 1. The van der Waals surface area contributed by atoms with E-state index in [9.17, 15) is 14.0 Å². The van der Waals surface area contributed by atoms with E-state index >= 15 is 0 Å². The van der Waals surface area contributed by atoms with Gasteiger partial charge in [0.25, 0.3) is 0 Å². The number of anilines is 2. The van der Waals surface area contributed by atoms with Crippen LogP contribution < -0.4 is 20.9 Å². The summed E-state index contributed by atoms with van der Waals surface area (Å²) in [7, 11) is 0. The minimum atomic E-state index is -0.640. The number of halogens is 1. The van der Waals surface area contributed by atoms with E-state index in [2.05, 4.69) is 33.8 Å². The maximum absolute atomic E-state index is 13.0. The van der Waals surface area contributed by atoms with E-state index in [1.165, 1.54) is 17.7 Å². The Kier molecular flexibility index (Phi) is 7.27. The van der Waals surface area contributed by atoms with Crippen LogP contribution >= 0.6 is 0 Å². The molecule has 1 heterocycles. The predicted octanol–water partition coefficient (Wildman–Crippen LogP) is 3.81. The molecule has 3 rings (SSSR count). The van der Waals surface area contributed by atoms with Crippen molar-refractivity contribution in [3.05, 3.63) is 59.4 Å². The lowest BCUT2D eigenvalue weighted by molar-refractivity contribution is -0.118. The molecule has 0 aromatic heterocycles. The van der Waals surface area contributed by atoms with Gasteiger partial charge in [-0.2, -0.15) is 0 Å². The van der Waals surface area contributed by atoms with Crippen LogP contribution in [0.15, 0.2) is 42.5 Å². The smallest absolute Gasteiger partial charge is 0.315 e. The van der Waals surface area contributed by atoms with Crippen LogP contribution in [-0.2, 0) is 17.8 Å². The Morgan fingerprint density at radius 3 is 2.60 bits per heavy atom. The van der Waals surface area contributed by atoms with Crippen LogP contribution in [0.3, 0.4) is 0 Å². The molecule has 2 aromatic carbocycles. The second-order valence-corrected chi connectivity index (χ2v) is 7.46. The van der Waals surface area contributed by atoms with Gasteiger partial charge in [0.2, 0.25) is 5.91 Å². The number of nitrogens with zero attached hydrogens (tertiary/aromatic N) is 1. The van der Waals surface area contributed by atoms with Gasteiger partial charge in [0, 0.05) is 31.0 Å². The van der Waals surface area contributed by atoms with Crippen molar-refractivity contribution in [1.82, 2.24) is 10.6 Å². The molecule has 1 aliphatic rings. The number of fused-ring (bicyclic) bond motifs is 1. The van der Waals surface area contributed by atoms with Gasteiger partial charge in [0.1, 0.15) is 11.9 Å². The van der Waals surface area contributed by atoms with Crippen LogP contribution in [0.25, 0.3) is 0 Å². The van der Waals surface area contributed by atoms with E-state index in [-0.39, 0.29) is 18.3 Å². The van der Waals surface area contributed by atoms with E-state index < -0.39 is 12.1 Å². The molecule has 1 aliphatic heterocycles. The molecule has 0 radical (unpaired) electrons. The highest BCUT2D eigenvalue weighted by Crippen LogP contribution is 2.30. The first-order valence-corrected chi connectivity index (χ1v) is 10.5. The molecule has 1 unspecified atom stereocenters. The van der Waals surface area contributed by atoms with Gasteiger partial charge in [0.05, 0.1) is 0 Å². The van der Waals surface area contributed by atoms with E-state index in [0.29, 0.717) is 6.42 Å². The molecule has 6 nitrogen and oxygen atoms in total. The molecular formula is C23H29FN4O2. The zero-order valence-electron chi connectivity index (χ0n) is 17.5. The van der Waals surface area contributed by atoms with Gasteiger partial charge in [-0.3, -0.25) is 4.79 Å². The Morgan fingerprint density at radius 1 is 1.13 bits per heavy atom. The molecule has 1 atom stereocenters. The first-order valence-electron chi connectivity index (χ1n) is 10.5. The second-order valence-electron chi connectivity index (χ2n) is 7.46. The Hall–Kier alpha value is -3.09. The molecular weight excluding hydrogens is 383 g/mol. The minimum Gasteiger partial charge on any atom is -0.371 e. The lowest BCUT2D eigenvalue weighted by atomic mass is 10.1. The summed E-state index contributed by atoms with van der Waals surface area (Å²) in [5.41, 5.74) is 3.96. The van der Waals surface area contributed by atoms with Crippen molar-refractivity contribution < 1.29 is 14.0 Å². The van der Waals surface area contributed by atoms with Crippen LogP contribution in [0.4, 0.5) is 20.6 Å². The minimum absolute atomic E-state index is 0.241.